The van der Waals surface area contributed by atoms with Crippen molar-refractivity contribution >= 4 is 17.5 Å². The summed E-state index contributed by atoms with van der Waals surface area (Å²) in [4.78, 5) is 16.9. The molecule has 0 saturated carbocycles. The van der Waals surface area contributed by atoms with Gasteiger partial charge in [-0.15, -0.1) is 0 Å². The minimum atomic E-state index is 0.0577. The Hall–Kier alpha value is -1.30. The highest BCUT2D eigenvalue weighted by Crippen LogP contribution is 2.22. The first kappa shape index (κ1) is 17.5. The van der Waals surface area contributed by atoms with Crippen molar-refractivity contribution in [2.45, 2.75) is 25.8 Å². The first-order valence-corrected chi connectivity index (χ1v) is 9.00. The minimum Gasteiger partial charge on any atom is -0.483 e. The quantitative estimate of drug-likeness (QED) is 0.834. The van der Waals surface area contributed by atoms with Crippen LogP contribution in [0, 0.1) is 6.92 Å². The monoisotopic (exact) mass is 352 g/mol. The van der Waals surface area contributed by atoms with Crippen LogP contribution in [0.25, 0.3) is 0 Å². The van der Waals surface area contributed by atoms with Crippen molar-refractivity contribution in [2.24, 2.45) is 0 Å². The Morgan fingerprint density at radius 2 is 2.12 bits per heavy atom. The number of hydrogen-bond donors (Lipinski definition) is 0. The lowest BCUT2D eigenvalue weighted by atomic mass is 10.0. The van der Waals surface area contributed by atoms with E-state index in [1.165, 1.54) is 0 Å². The average molecular weight is 353 g/mol. The standard InChI is InChI=1S/C18H25ClN2O3/c1-14-11-15(19)4-5-17(14)24-13-18(22)21-6-2-3-16(12-21)20-7-9-23-10-8-20/h4-5,11,16H,2-3,6-10,12-13H2,1H3. The number of ether oxygens (including phenoxy) is 2. The molecule has 2 heterocycles. The van der Waals surface area contributed by atoms with Gasteiger partial charge in [-0.2, -0.15) is 0 Å². The maximum absolute atomic E-state index is 12.5. The highest BCUT2D eigenvalue weighted by molar-refractivity contribution is 6.30. The van der Waals surface area contributed by atoms with Crippen molar-refractivity contribution in [1.29, 1.82) is 0 Å². The van der Waals surface area contributed by atoms with E-state index in [-0.39, 0.29) is 12.5 Å². The van der Waals surface area contributed by atoms with E-state index in [2.05, 4.69) is 4.90 Å². The van der Waals surface area contributed by atoms with E-state index in [9.17, 15) is 4.79 Å². The lowest BCUT2D eigenvalue weighted by Gasteiger charge is -2.40. The number of hydrogen-bond acceptors (Lipinski definition) is 4. The number of halogens is 1. The minimum absolute atomic E-state index is 0.0577. The largest absolute Gasteiger partial charge is 0.483 e. The molecule has 132 valence electrons. The van der Waals surface area contributed by atoms with Crippen molar-refractivity contribution in [3.8, 4) is 5.75 Å². The van der Waals surface area contributed by atoms with Crippen molar-refractivity contribution in [3.05, 3.63) is 28.8 Å². The smallest absolute Gasteiger partial charge is 0.260 e. The molecule has 1 aromatic rings. The molecular weight excluding hydrogens is 328 g/mol. The molecule has 0 radical (unpaired) electrons. The second kappa shape index (κ2) is 8.19. The highest BCUT2D eigenvalue weighted by Gasteiger charge is 2.28. The van der Waals surface area contributed by atoms with Crippen molar-refractivity contribution in [2.75, 3.05) is 46.0 Å². The number of benzene rings is 1. The van der Waals surface area contributed by atoms with Gasteiger partial charge in [0.25, 0.3) is 5.91 Å². The van der Waals surface area contributed by atoms with Crippen LogP contribution in [-0.2, 0) is 9.53 Å². The summed E-state index contributed by atoms with van der Waals surface area (Å²) in [5.74, 6) is 0.775. The van der Waals surface area contributed by atoms with E-state index < -0.39 is 0 Å². The van der Waals surface area contributed by atoms with Crippen LogP contribution in [-0.4, -0.2) is 67.7 Å². The van der Waals surface area contributed by atoms with Gasteiger partial charge < -0.3 is 14.4 Å². The first-order valence-electron chi connectivity index (χ1n) is 8.62. The molecule has 1 amide bonds. The van der Waals surface area contributed by atoms with E-state index in [1.807, 2.05) is 24.0 Å². The molecule has 1 unspecified atom stereocenters. The molecule has 2 saturated heterocycles. The van der Waals surface area contributed by atoms with Crippen LogP contribution in [0.1, 0.15) is 18.4 Å². The molecule has 2 fully saturated rings. The Labute approximate surface area is 148 Å². The van der Waals surface area contributed by atoms with E-state index in [4.69, 9.17) is 21.1 Å². The Balaban J connectivity index is 1.52. The molecule has 2 aliphatic rings. The summed E-state index contributed by atoms with van der Waals surface area (Å²) >= 11 is 5.95. The van der Waals surface area contributed by atoms with Gasteiger partial charge in [-0.1, -0.05) is 11.6 Å². The predicted octanol–water partition coefficient (Wildman–Crippen LogP) is 2.35. The Morgan fingerprint density at radius 3 is 2.88 bits per heavy atom. The van der Waals surface area contributed by atoms with Gasteiger partial charge >= 0.3 is 0 Å². The number of piperidine rings is 1. The molecule has 0 N–H and O–H groups in total. The molecule has 3 rings (SSSR count). The molecule has 1 atom stereocenters. The number of nitrogens with zero attached hydrogens (tertiary/aromatic N) is 2. The SMILES string of the molecule is Cc1cc(Cl)ccc1OCC(=O)N1CCCC(N2CCOCC2)C1. The Morgan fingerprint density at radius 1 is 1.33 bits per heavy atom. The second-order valence-electron chi connectivity index (χ2n) is 6.48. The van der Waals surface area contributed by atoms with E-state index >= 15 is 0 Å². The van der Waals surface area contributed by atoms with Crippen molar-refractivity contribution in [3.63, 3.8) is 0 Å². The van der Waals surface area contributed by atoms with Crippen LogP contribution >= 0.6 is 11.6 Å². The third kappa shape index (κ3) is 4.41. The number of carbonyl (C=O) groups excluding carboxylic acids is 1. The number of aryl methyl sites for hydroxylation is 1. The van der Waals surface area contributed by atoms with Gasteiger partial charge in [-0.25, -0.2) is 0 Å². The fourth-order valence-electron chi connectivity index (χ4n) is 3.43. The molecule has 0 aromatic heterocycles. The van der Waals surface area contributed by atoms with Gasteiger partial charge in [0.05, 0.1) is 13.2 Å². The molecule has 2 aliphatic heterocycles. The summed E-state index contributed by atoms with van der Waals surface area (Å²) in [6.45, 7) is 7.15. The van der Waals surface area contributed by atoms with Gasteiger partial charge in [0.1, 0.15) is 5.75 Å². The first-order chi connectivity index (χ1) is 11.6. The maximum Gasteiger partial charge on any atom is 0.260 e. The number of morpholine rings is 1. The van der Waals surface area contributed by atoms with Gasteiger partial charge in [-0.3, -0.25) is 9.69 Å². The summed E-state index contributed by atoms with van der Waals surface area (Å²) in [6.07, 6.45) is 2.20. The second-order valence-corrected chi connectivity index (χ2v) is 6.92. The van der Waals surface area contributed by atoms with Crippen LogP contribution < -0.4 is 4.74 Å². The maximum atomic E-state index is 12.5. The van der Waals surface area contributed by atoms with Gasteiger partial charge in [-0.05, 0) is 43.5 Å². The lowest BCUT2D eigenvalue weighted by Crippen LogP contribution is -2.53. The molecule has 0 bridgehead atoms. The molecule has 0 aliphatic carbocycles. The molecule has 0 spiro atoms. The average Bonchev–Trinajstić information content (AvgIpc) is 2.61. The molecule has 6 heteroatoms. The fraction of sp³-hybridized carbons (Fsp3) is 0.611. The van der Waals surface area contributed by atoms with Crippen LogP contribution in [0.5, 0.6) is 5.75 Å². The van der Waals surface area contributed by atoms with Crippen molar-refractivity contribution in [1.82, 2.24) is 9.80 Å². The summed E-state index contributed by atoms with van der Waals surface area (Å²) in [5, 5.41) is 0.676. The van der Waals surface area contributed by atoms with E-state index in [0.29, 0.717) is 11.1 Å². The fourth-order valence-corrected chi connectivity index (χ4v) is 3.65. The van der Waals surface area contributed by atoms with Crippen molar-refractivity contribution < 1.29 is 14.3 Å². The summed E-state index contributed by atoms with van der Waals surface area (Å²) in [7, 11) is 0. The zero-order valence-electron chi connectivity index (χ0n) is 14.2. The number of likely N-dealkylation sites (tertiary alicyclic amines) is 1. The molecule has 24 heavy (non-hydrogen) atoms. The van der Waals surface area contributed by atoms with E-state index in [0.717, 1.165) is 63.5 Å². The predicted molar refractivity (Wildman–Crippen MR) is 93.7 cm³/mol. The van der Waals surface area contributed by atoms with Gasteiger partial charge in [0.2, 0.25) is 0 Å². The number of rotatable bonds is 4. The van der Waals surface area contributed by atoms with E-state index in [1.54, 1.807) is 6.07 Å². The summed E-state index contributed by atoms with van der Waals surface area (Å²) in [6, 6.07) is 5.89. The number of amides is 1. The van der Waals surface area contributed by atoms with Gasteiger partial charge in [0.15, 0.2) is 6.61 Å². The molecule has 5 nitrogen and oxygen atoms in total. The Kier molecular flexibility index (Phi) is 5.98. The zero-order chi connectivity index (χ0) is 16.9. The van der Waals surface area contributed by atoms with Crippen LogP contribution in [0.4, 0.5) is 0 Å². The molecule has 1 aromatic carbocycles. The van der Waals surface area contributed by atoms with Crippen LogP contribution in [0.2, 0.25) is 5.02 Å². The van der Waals surface area contributed by atoms with Crippen LogP contribution in [0.15, 0.2) is 18.2 Å². The Bertz CT molecular complexity index is 575. The van der Waals surface area contributed by atoms with Crippen LogP contribution in [0.3, 0.4) is 0 Å². The summed E-state index contributed by atoms with van der Waals surface area (Å²) in [5.41, 5.74) is 0.945. The number of carbonyl (C=O) groups is 1. The lowest BCUT2D eigenvalue weighted by molar-refractivity contribution is -0.136. The third-order valence-electron chi connectivity index (χ3n) is 4.80. The normalized spacial score (nSPS) is 22.4. The molecular formula is C18H25ClN2O3. The summed E-state index contributed by atoms with van der Waals surface area (Å²) < 4.78 is 11.1. The van der Waals surface area contributed by atoms with Gasteiger partial charge in [0, 0.05) is 37.2 Å². The topological polar surface area (TPSA) is 42.0 Å². The third-order valence-corrected chi connectivity index (χ3v) is 5.03. The highest BCUT2D eigenvalue weighted by atomic mass is 35.5. The zero-order valence-corrected chi connectivity index (χ0v) is 14.9.